The van der Waals surface area contributed by atoms with Crippen molar-refractivity contribution in [3.05, 3.63) is 144 Å². The third-order valence-corrected chi connectivity index (χ3v) is 8.81. The van der Waals surface area contributed by atoms with Gasteiger partial charge in [-0.3, -0.25) is 0 Å². The average molecular weight is 779 g/mol. The molecule has 0 unspecified atom stereocenters. The van der Waals surface area contributed by atoms with Crippen LogP contribution in [0.1, 0.15) is 62.8 Å². The molecule has 0 N–H and O–H groups in total. The fourth-order valence-corrected chi connectivity index (χ4v) is 6.19. The molecule has 7 rings (SSSR count). The maximum atomic E-state index is 4.93. The third kappa shape index (κ3) is 9.95. The predicted molar refractivity (Wildman–Crippen MR) is 219 cm³/mol. The molecule has 0 saturated heterocycles. The summed E-state index contributed by atoms with van der Waals surface area (Å²) in [6, 6.07) is 44.7. The Morgan fingerprint density at radius 2 is 1.27 bits per heavy atom. The molecule has 0 bridgehead atoms. The quantitative estimate of drug-likeness (QED) is 0.124. The zero-order valence-corrected chi connectivity index (χ0v) is 35.4. The Morgan fingerprint density at radius 1 is 0.653 bits per heavy atom. The van der Waals surface area contributed by atoms with Crippen molar-refractivity contribution in [2.24, 2.45) is 0 Å². The van der Waals surface area contributed by atoms with E-state index >= 15 is 0 Å². The van der Waals surface area contributed by atoms with Gasteiger partial charge in [0, 0.05) is 9.52 Å². The summed E-state index contributed by atoms with van der Waals surface area (Å²) in [6.45, 7) is 19.9. The van der Waals surface area contributed by atoms with Crippen LogP contribution in [0.2, 0.25) is 13.1 Å². The first kappa shape index (κ1) is 39.1. The molecule has 2 radical (unpaired) electrons. The molecule has 0 fully saturated rings. The molecule has 0 spiro atoms. The van der Waals surface area contributed by atoms with E-state index in [0.717, 1.165) is 9.52 Å². The fourth-order valence-electron chi connectivity index (χ4n) is 6.19. The molecule has 0 aliphatic carbocycles. The average Bonchev–Trinajstić information content (AvgIpc) is 3.70. The second kappa shape index (κ2) is 18.0. The Labute approximate surface area is 316 Å². The van der Waals surface area contributed by atoms with Gasteiger partial charge in [0.15, 0.2) is 0 Å². The zero-order chi connectivity index (χ0) is 35.7. The van der Waals surface area contributed by atoms with Crippen LogP contribution in [0.4, 0.5) is 0 Å². The Morgan fingerprint density at radius 3 is 1.90 bits per heavy atom. The van der Waals surface area contributed by atoms with Gasteiger partial charge in [-0.2, -0.15) is 12.1 Å². The molecule has 0 amide bonds. The minimum absolute atomic E-state index is 0.206. The minimum atomic E-state index is -0.826. The SMILES string of the molecule is CC(C)c1cc2c(-c3ccc4ccccc4c3)cccc2[cH-]1.C[Si]C.Cc1cc2c(-c3ccc(C(C)(C)C)cc3)ccc(C)c2[cH-]1.[Cl][Zr+2][Cl]. The Kier molecular flexibility index (Phi) is 14.3. The van der Waals surface area contributed by atoms with Crippen LogP contribution in [0.5, 0.6) is 0 Å². The van der Waals surface area contributed by atoms with Gasteiger partial charge in [-0.05, 0) is 44.9 Å². The third-order valence-electron chi connectivity index (χ3n) is 8.81. The summed E-state index contributed by atoms with van der Waals surface area (Å²) in [4.78, 5) is 0. The normalized spacial score (nSPS) is 10.9. The molecule has 0 saturated carbocycles. The van der Waals surface area contributed by atoms with Gasteiger partial charge in [0.25, 0.3) is 0 Å². The first-order valence-corrected chi connectivity index (χ1v) is 25.3. The van der Waals surface area contributed by atoms with Crippen molar-refractivity contribution < 1.29 is 20.8 Å². The van der Waals surface area contributed by atoms with Crippen molar-refractivity contribution in [2.45, 2.75) is 72.9 Å². The number of benzene rings is 5. The molecular formula is C45H48Cl2SiZr. The summed E-state index contributed by atoms with van der Waals surface area (Å²) in [7, 11) is 11.0. The van der Waals surface area contributed by atoms with E-state index in [4.69, 9.17) is 17.0 Å². The van der Waals surface area contributed by atoms with Crippen LogP contribution in [0.3, 0.4) is 0 Å². The van der Waals surface area contributed by atoms with Gasteiger partial charge in [-0.1, -0.05) is 145 Å². The standard InChI is InChI=1S/C22H19.C21H23.C2H6Si.2ClH.Zr/c1-15(2)20-13-18-8-5-9-21(22(18)14-20)19-11-10-16-6-3-4-7-17(16)12-19;1-14-12-19-15(2)6-11-18(20(19)13-14)16-7-9-17(10-8-16)21(3,4)5;1-3-2;;;/h3-15H,1-2H3;6-13H,1-5H3;1-2H3;2*1H;/q2*-1;;;;+4/p-2. The van der Waals surface area contributed by atoms with Gasteiger partial charge in [0.05, 0.1) is 0 Å². The molecule has 0 aliphatic heterocycles. The van der Waals surface area contributed by atoms with Gasteiger partial charge in [0.1, 0.15) is 0 Å². The van der Waals surface area contributed by atoms with E-state index in [-0.39, 0.29) is 5.41 Å². The topological polar surface area (TPSA) is 0 Å². The van der Waals surface area contributed by atoms with Crippen LogP contribution < -0.4 is 0 Å². The van der Waals surface area contributed by atoms with Crippen molar-refractivity contribution in [1.82, 2.24) is 0 Å². The van der Waals surface area contributed by atoms with Gasteiger partial charge in [-0.15, -0.1) is 68.6 Å². The van der Waals surface area contributed by atoms with Gasteiger partial charge in [-0.25, -0.2) is 0 Å². The summed E-state index contributed by atoms with van der Waals surface area (Å²) in [5.41, 5.74) is 11.0. The summed E-state index contributed by atoms with van der Waals surface area (Å²) in [5, 5.41) is 8.05. The maximum absolute atomic E-state index is 4.93. The van der Waals surface area contributed by atoms with Gasteiger partial charge in [0.2, 0.25) is 0 Å². The van der Waals surface area contributed by atoms with Crippen molar-refractivity contribution in [3.63, 3.8) is 0 Å². The van der Waals surface area contributed by atoms with E-state index in [0.29, 0.717) is 5.92 Å². The number of aryl methyl sites for hydroxylation is 2. The molecule has 0 atom stereocenters. The van der Waals surface area contributed by atoms with Crippen molar-refractivity contribution in [1.29, 1.82) is 0 Å². The summed E-state index contributed by atoms with van der Waals surface area (Å²) in [6.07, 6.45) is 0. The summed E-state index contributed by atoms with van der Waals surface area (Å²) >= 11 is -0.826. The Balaban J connectivity index is 0.000000191. The number of hydrogen-bond acceptors (Lipinski definition) is 0. The van der Waals surface area contributed by atoms with E-state index in [1.807, 2.05) is 0 Å². The molecular weight excluding hydrogens is 731 g/mol. The molecule has 0 aromatic heterocycles. The first-order chi connectivity index (χ1) is 23.4. The number of rotatable bonds is 3. The van der Waals surface area contributed by atoms with E-state index in [9.17, 15) is 0 Å². The van der Waals surface area contributed by atoms with Crippen molar-refractivity contribution in [3.8, 4) is 22.3 Å². The molecule has 0 nitrogen and oxygen atoms in total. The van der Waals surface area contributed by atoms with Gasteiger partial charge >= 0.3 is 37.9 Å². The molecule has 0 heterocycles. The summed E-state index contributed by atoms with van der Waals surface area (Å²) < 4.78 is 0. The summed E-state index contributed by atoms with van der Waals surface area (Å²) in [5.74, 6) is 0.567. The van der Waals surface area contributed by atoms with Gasteiger partial charge < -0.3 is 0 Å². The van der Waals surface area contributed by atoms with Crippen molar-refractivity contribution >= 4 is 58.9 Å². The van der Waals surface area contributed by atoms with Crippen LogP contribution in [0.25, 0.3) is 54.6 Å². The number of fused-ring (bicyclic) bond motifs is 3. The van der Waals surface area contributed by atoms with Crippen molar-refractivity contribution in [2.75, 3.05) is 0 Å². The molecule has 7 aromatic rings. The molecule has 4 heteroatoms. The van der Waals surface area contributed by atoms with E-state index in [1.54, 1.807) is 0 Å². The molecule has 250 valence electrons. The molecule has 0 aliphatic rings. The van der Waals surface area contributed by atoms with Crippen LogP contribution >= 0.6 is 17.0 Å². The number of halogens is 2. The monoisotopic (exact) mass is 776 g/mol. The Bertz CT molecular complexity index is 2090. The second-order valence-corrected chi connectivity index (χ2v) is 18.7. The van der Waals surface area contributed by atoms with Crippen LogP contribution in [0, 0.1) is 13.8 Å². The molecule has 49 heavy (non-hydrogen) atoms. The van der Waals surface area contributed by atoms with E-state index in [1.165, 1.54) is 76.8 Å². The van der Waals surface area contributed by atoms with E-state index in [2.05, 4.69) is 183 Å². The zero-order valence-electron chi connectivity index (χ0n) is 30.4. The van der Waals surface area contributed by atoms with Crippen LogP contribution in [0.15, 0.2) is 121 Å². The van der Waals surface area contributed by atoms with E-state index < -0.39 is 20.8 Å². The van der Waals surface area contributed by atoms with Crippen LogP contribution in [-0.2, 0) is 26.3 Å². The predicted octanol–water partition coefficient (Wildman–Crippen LogP) is 14.8. The first-order valence-electron chi connectivity index (χ1n) is 16.9. The number of hydrogen-bond donors (Lipinski definition) is 0. The molecule has 7 aromatic carbocycles. The Hall–Kier alpha value is -2.74. The fraction of sp³-hybridized carbons (Fsp3) is 0.244. The second-order valence-electron chi connectivity index (χ2n) is 14.0. The van der Waals surface area contributed by atoms with Crippen LogP contribution in [-0.4, -0.2) is 9.52 Å².